The zero-order valence-corrected chi connectivity index (χ0v) is 10.8. The van der Waals surface area contributed by atoms with Crippen molar-refractivity contribution in [2.75, 3.05) is 25.1 Å². The monoisotopic (exact) mass is 306 g/mol. The molecular weight excluding hydrogens is 295 g/mol. The Kier molecular flexibility index (Phi) is 5.30. The first kappa shape index (κ1) is 13.9. The predicted octanol–water partition coefficient (Wildman–Crippen LogP) is 2.94. The number of hydrogen-bond donors (Lipinski definition) is 1. The van der Waals surface area contributed by atoms with Gasteiger partial charge in [0.05, 0.1) is 22.1 Å². The van der Waals surface area contributed by atoms with Crippen LogP contribution in [0.2, 0.25) is 0 Å². The molecule has 1 aromatic rings. The lowest BCUT2D eigenvalue weighted by atomic mass is 10.2. The normalized spacial score (nSPS) is 10.3. The van der Waals surface area contributed by atoms with Gasteiger partial charge in [-0.2, -0.15) is 0 Å². The first-order valence-electron chi connectivity index (χ1n) is 5.01. The van der Waals surface area contributed by atoms with Crippen molar-refractivity contribution in [2.24, 2.45) is 0 Å². The highest BCUT2D eigenvalue weighted by molar-refractivity contribution is 9.10. The molecule has 94 valence electrons. The Morgan fingerprint density at radius 2 is 2.29 bits per heavy atom. The zero-order chi connectivity index (χ0) is 12.8. The molecule has 0 saturated carbocycles. The van der Waals surface area contributed by atoms with E-state index >= 15 is 0 Å². The smallest absolute Gasteiger partial charge is 0.295 e. The van der Waals surface area contributed by atoms with Crippen molar-refractivity contribution >= 4 is 27.3 Å². The van der Waals surface area contributed by atoms with E-state index in [0.717, 1.165) is 6.07 Å². The average Bonchev–Trinajstić information content (AvgIpc) is 2.28. The summed E-state index contributed by atoms with van der Waals surface area (Å²) in [5, 5.41) is 13.6. The fourth-order valence-corrected chi connectivity index (χ4v) is 1.57. The average molecular weight is 307 g/mol. The van der Waals surface area contributed by atoms with Crippen LogP contribution in [0.4, 0.5) is 15.8 Å². The number of hydrogen-bond acceptors (Lipinski definition) is 4. The lowest BCUT2D eigenvalue weighted by Gasteiger charge is -2.08. The Hall–Kier alpha value is -1.21. The molecule has 0 heterocycles. The molecule has 1 N–H and O–H groups in total. The highest BCUT2D eigenvalue weighted by Crippen LogP contribution is 2.30. The standard InChI is InChI=1S/C10H12BrFN2O3/c1-2-17-4-3-13-9-5-7(11)8(12)6-10(9)14(15)16/h5-6,13H,2-4H2,1H3. The van der Waals surface area contributed by atoms with E-state index in [2.05, 4.69) is 21.2 Å². The van der Waals surface area contributed by atoms with E-state index in [1.54, 1.807) is 0 Å². The van der Waals surface area contributed by atoms with Crippen molar-refractivity contribution in [3.8, 4) is 0 Å². The number of anilines is 1. The van der Waals surface area contributed by atoms with Crippen LogP contribution in [0.15, 0.2) is 16.6 Å². The van der Waals surface area contributed by atoms with E-state index in [4.69, 9.17) is 4.74 Å². The summed E-state index contributed by atoms with van der Waals surface area (Å²) in [6, 6.07) is 2.23. The topological polar surface area (TPSA) is 64.4 Å². The lowest BCUT2D eigenvalue weighted by molar-refractivity contribution is -0.384. The summed E-state index contributed by atoms with van der Waals surface area (Å²) in [5.41, 5.74) is -0.0230. The fourth-order valence-electron chi connectivity index (χ4n) is 1.23. The molecule has 0 aromatic heterocycles. The lowest BCUT2D eigenvalue weighted by Crippen LogP contribution is -2.10. The molecule has 0 bridgehead atoms. The number of benzene rings is 1. The third-order valence-corrected chi connectivity index (χ3v) is 2.61. The van der Waals surface area contributed by atoms with Gasteiger partial charge < -0.3 is 10.1 Å². The van der Waals surface area contributed by atoms with Gasteiger partial charge in [-0.1, -0.05) is 0 Å². The van der Waals surface area contributed by atoms with E-state index < -0.39 is 10.7 Å². The summed E-state index contributed by atoms with van der Waals surface area (Å²) in [7, 11) is 0. The maximum Gasteiger partial charge on any atom is 0.295 e. The summed E-state index contributed by atoms with van der Waals surface area (Å²) in [6.45, 7) is 3.29. The second-order valence-electron chi connectivity index (χ2n) is 3.16. The van der Waals surface area contributed by atoms with Crippen molar-refractivity contribution in [3.63, 3.8) is 0 Å². The number of halogens is 2. The van der Waals surface area contributed by atoms with Crippen LogP contribution in [0.3, 0.4) is 0 Å². The summed E-state index contributed by atoms with van der Waals surface area (Å²) in [4.78, 5) is 10.1. The molecule has 0 aliphatic rings. The molecule has 0 radical (unpaired) electrons. The van der Waals surface area contributed by atoms with Gasteiger partial charge in [-0.05, 0) is 28.9 Å². The molecule has 0 aliphatic carbocycles. The van der Waals surface area contributed by atoms with Crippen LogP contribution in [-0.2, 0) is 4.74 Å². The van der Waals surface area contributed by atoms with Crippen LogP contribution in [0.1, 0.15) is 6.92 Å². The van der Waals surface area contributed by atoms with E-state index in [1.165, 1.54) is 6.07 Å². The molecule has 0 spiro atoms. The highest BCUT2D eigenvalue weighted by atomic mass is 79.9. The van der Waals surface area contributed by atoms with Crippen LogP contribution < -0.4 is 5.32 Å². The number of nitrogens with one attached hydrogen (secondary N) is 1. The maximum atomic E-state index is 13.2. The van der Waals surface area contributed by atoms with Gasteiger partial charge in [0.15, 0.2) is 0 Å². The van der Waals surface area contributed by atoms with Gasteiger partial charge in [-0.3, -0.25) is 10.1 Å². The van der Waals surface area contributed by atoms with Gasteiger partial charge in [0.2, 0.25) is 0 Å². The van der Waals surface area contributed by atoms with E-state index in [9.17, 15) is 14.5 Å². The van der Waals surface area contributed by atoms with Gasteiger partial charge >= 0.3 is 0 Å². The molecule has 1 rings (SSSR count). The summed E-state index contributed by atoms with van der Waals surface area (Å²) in [6.07, 6.45) is 0. The largest absolute Gasteiger partial charge is 0.380 e. The highest BCUT2D eigenvalue weighted by Gasteiger charge is 2.17. The first-order valence-corrected chi connectivity index (χ1v) is 5.80. The van der Waals surface area contributed by atoms with Crippen molar-refractivity contribution in [1.82, 2.24) is 0 Å². The second kappa shape index (κ2) is 6.51. The Bertz CT molecular complexity index is 415. The van der Waals surface area contributed by atoms with Gasteiger partial charge in [0, 0.05) is 13.2 Å². The molecule has 0 aliphatic heterocycles. The summed E-state index contributed by atoms with van der Waals surface area (Å²) >= 11 is 2.98. The molecule has 1 aromatic carbocycles. The molecule has 0 fully saturated rings. The molecule has 0 saturated heterocycles. The summed E-state index contributed by atoms with van der Waals surface area (Å²) < 4.78 is 18.4. The molecule has 0 unspecified atom stereocenters. The van der Waals surface area contributed by atoms with Crippen LogP contribution in [0.25, 0.3) is 0 Å². The fraction of sp³-hybridized carbons (Fsp3) is 0.400. The minimum absolute atomic E-state index is 0.182. The Morgan fingerprint density at radius 1 is 1.59 bits per heavy atom. The number of ether oxygens (including phenoxy) is 1. The Morgan fingerprint density at radius 3 is 2.88 bits per heavy atom. The molecule has 0 amide bonds. The van der Waals surface area contributed by atoms with Crippen LogP contribution in [-0.4, -0.2) is 24.7 Å². The Balaban J connectivity index is 2.81. The number of nitro groups is 1. The zero-order valence-electron chi connectivity index (χ0n) is 9.20. The third kappa shape index (κ3) is 3.94. The maximum absolute atomic E-state index is 13.2. The minimum Gasteiger partial charge on any atom is -0.380 e. The van der Waals surface area contributed by atoms with Crippen molar-refractivity contribution in [1.29, 1.82) is 0 Å². The van der Waals surface area contributed by atoms with E-state index in [0.29, 0.717) is 19.8 Å². The minimum atomic E-state index is -0.660. The molecule has 0 atom stereocenters. The molecule has 17 heavy (non-hydrogen) atoms. The van der Waals surface area contributed by atoms with E-state index in [-0.39, 0.29) is 15.8 Å². The van der Waals surface area contributed by atoms with Gasteiger partial charge in [-0.25, -0.2) is 4.39 Å². The van der Waals surface area contributed by atoms with Gasteiger partial charge in [0.1, 0.15) is 11.5 Å². The van der Waals surface area contributed by atoms with Crippen LogP contribution in [0.5, 0.6) is 0 Å². The third-order valence-electron chi connectivity index (χ3n) is 2.00. The van der Waals surface area contributed by atoms with E-state index in [1.807, 2.05) is 6.92 Å². The van der Waals surface area contributed by atoms with Gasteiger partial charge in [-0.15, -0.1) is 0 Å². The molecular formula is C10H12BrFN2O3. The number of nitrogens with zero attached hydrogens (tertiary/aromatic N) is 1. The quantitative estimate of drug-likeness (QED) is 0.498. The van der Waals surface area contributed by atoms with Crippen LogP contribution in [0, 0.1) is 15.9 Å². The summed E-state index contributed by atoms with van der Waals surface area (Å²) in [5.74, 6) is -0.660. The van der Waals surface area contributed by atoms with Crippen molar-refractivity contribution < 1.29 is 14.1 Å². The van der Waals surface area contributed by atoms with Crippen molar-refractivity contribution in [3.05, 3.63) is 32.5 Å². The SMILES string of the molecule is CCOCCNc1cc(Br)c(F)cc1[N+](=O)[O-]. The first-order chi connectivity index (χ1) is 8.06. The van der Waals surface area contributed by atoms with Crippen LogP contribution >= 0.6 is 15.9 Å². The predicted molar refractivity (Wildman–Crippen MR) is 65.7 cm³/mol. The molecule has 7 heteroatoms. The second-order valence-corrected chi connectivity index (χ2v) is 4.02. The number of rotatable bonds is 6. The van der Waals surface area contributed by atoms with Crippen molar-refractivity contribution in [2.45, 2.75) is 6.92 Å². The van der Waals surface area contributed by atoms with Gasteiger partial charge in [0.25, 0.3) is 5.69 Å². The Labute approximate surface area is 106 Å². The molecule has 5 nitrogen and oxygen atoms in total. The number of nitro benzene ring substituents is 1.